The number of nitrogens with one attached hydrogen (secondary N) is 3. The lowest BCUT2D eigenvalue weighted by Crippen LogP contribution is -2.27. The Morgan fingerprint density at radius 1 is 1.12 bits per heavy atom. The number of alkyl halides is 3. The highest BCUT2D eigenvalue weighted by Crippen LogP contribution is 2.31. The first-order chi connectivity index (χ1) is 14.6. The number of H-pyrrole nitrogens is 1. The van der Waals surface area contributed by atoms with Crippen molar-refractivity contribution in [2.75, 3.05) is 11.3 Å². The number of para-hydroxylation sites is 1. The summed E-state index contributed by atoms with van der Waals surface area (Å²) in [6.45, 7) is 2.07. The van der Waals surface area contributed by atoms with Crippen molar-refractivity contribution < 1.29 is 26.4 Å². The van der Waals surface area contributed by atoms with E-state index in [1.807, 2.05) is 0 Å². The van der Waals surface area contributed by atoms with Crippen LogP contribution in [0.2, 0.25) is 0 Å². The van der Waals surface area contributed by atoms with Crippen LogP contribution < -0.4 is 10.0 Å². The Hall–Kier alpha value is -3.05. The number of sulfonamides is 1. The van der Waals surface area contributed by atoms with Gasteiger partial charge in [-0.2, -0.15) is 13.2 Å². The summed E-state index contributed by atoms with van der Waals surface area (Å²) in [6.07, 6.45) is -2.54. The van der Waals surface area contributed by atoms with Gasteiger partial charge in [-0.1, -0.05) is 18.2 Å². The van der Waals surface area contributed by atoms with Crippen LogP contribution in [-0.4, -0.2) is 30.8 Å². The zero-order valence-electron chi connectivity index (χ0n) is 16.7. The number of imidazole rings is 1. The SMILES string of the molecule is Cc1ncc(CCNC(=O)c2ccccc2NS(=O)(=O)c2cccc(C(F)(F)F)c2)[nH]1.Cl. The van der Waals surface area contributed by atoms with Gasteiger partial charge >= 0.3 is 6.18 Å². The maximum Gasteiger partial charge on any atom is 0.416 e. The summed E-state index contributed by atoms with van der Waals surface area (Å²) in [5, 5.41) is 2.68. The molecule has 1 amide bonds. The van der Waals surface area contributed by atoms with Crippen LogP contribution in [0.5, 0.6) is 0 Å². The predicted octanol–water partition coefficient (Wildman–Crippen LogP) is 3.93. The fraction of sp³-hybridized carbons (Fsp3) is 0.200. The predicted molar refractivity (Wildman–Crippen MR) is 115 cm³/mol. The van der Waals surface area contributed by atoms with E-state index in [4.69, 9.17) is 0 Å². The summed E-state index contributed by atoms with van der Waals surface area (Å²) in [6, 6.07) is 9.21. The Balaban J connectivity index is 0.00000363. The van der Waals surface area contributed by atoms with Crippen molar-refractivity contribution in [2.45, 2.75) is 24.4 Å². The minimum absolute atomic E-state index is 0. The molecule has 0 atom stereocenters. The molecule has 32 heavy (non-hydrogen) atoms. The first-order valence-electron chi connectivity index (χ1n) is 9.14. The molecule has 0 bridgehead atoms. The van der Waals surface area contributed by atoms with Gasteiger partial charge in [-0.25, -0.2) is 13.4 Å². The van der Waals surface area contributed by atoms with Crippen molar-refractivity contribution in [2.24, 2.45) is 0 Å². The average molecular weight is 489 g/mol. The quantitative estimate of drug-likeness (QED) is 0.468. The summed E-state index contributed by atoms with van der Waals surface area (Å²) in [7, 11) is -4.36. The molecule has 12 heteroatoms. The molecule has 0 fully saturated rings. The lowest BCUT2D eigenvalue weighted by molar-refractivity contribution is -0.137. The van der Waals surface area contributed by atoms with Crippen LogP contribution in [0.1, 0.15) is 27.4 Å². The van der Waals surface area contributed by atoms with Gasteiger partial charge in [0.15, 0.2) is 0 Å². The van der Waals surface area contributed by atoms with Crippen LogP contribution in [0, 0.1) is 6.92 Å². The molecule has 1 heterocycles. The third-order valence-electron chi connectivity index (χ3n) is 4.32. The molecular weight excluding hydrogens is 469 g/mol. The fourth-order valence-corrected chi connectivity index (χ4v) is 3.94. The van der Waals surface area contributed by atoms with Gasteiger partial charge in [0, 0.05) is 24.9 Å². The Morgan fingerprint density at radius 3 is 2.50 bits per heavy atom. The Bertz CT molecular complexity index is 1200. The molecule has 0 aliphatic heterocycles. The van der Waals surface area contributed by atoms with Crippen LogP contribution in [0.4, 0.5) is 18.9 Å². The Kier molecular flexibility index (Phi) is 7.92. The number of aromatic amines is 1. The molecule has 0 aliphatic rings. The molecule has 3 N–H and O–H groups in total. The van der Waals surface area contributed by atoms with Gasteiger partial charge in [-0.3, -0.25) is 9.52 Å². The van der Waals surface area contributed by atoms with Crippen LogP contribution in [-0.2, 0) is 22.6 Å². The van der Waals surface area contributed by atoms with E-state index >= 15 is 0 Å². The monoisotopic (exact) mass is 488 g/mol. The highest BCUT2D eigenvalue weighted by atomic mass is 35.5. The van der Waals surface area contributed by atoms with E-state index in [1.54, 1.807) is 19.2 Å². The second-order valence-electron chi connectivity index (χ2n) is 6.68. The molecule has 0 radical (unpaired) electrons. The summed E-state index contributed by atoms with van der Waals surface area (Å²) in [4.78, 5) is 19.1. The summed E-state index contributed by atoms with van der Waals surface area (Å²) in [5.41, 5.74) is -0.264. The Morgan fingerprint density at radius 2 is 1.84 bits per heavy atom. The normalized spacial score (nSPS) is 11.5. The lowest BCUT2D eigenvalue weighted by Gasteiger charge is -2.14. The summed E-state index contributed by atoms with van der Waals surface area (Å²) < 4.78 is 66.2. The number of hydrogen-bond acceptors (Lipinski definition) is 4. The molecule has 0 saturated carbocycles. The molecule has 0 saturated heterocycles. The van der Waals surface area contributed by atoms with Crippen LogP contribution in [0.25, 0.3) is 0 Å². The fourth-order valence-electron chi connectivity index (χ4n) is 2.82. The minimum atomic E-state index is -4.68. The molecule has 0 aliphatic carbocycles. The number of nitrogens with zero attached hydrogens (tertiary/aromatic N) is 1. The van der Waals surface area contributed by atoms with Gasteiger partial charge in [0.05, 0.1) is 21.7 Å². The number of hydrogen-bond donors (Lipinski definition) is 3. The van der Waals surface area contributed by atoms with Crippen LogP contribution in [0.15, 0.2) is 59.6 Å². The standard InChI is InChI=1S/C20H19F3N4O3S.ClH/c1-13-25-12-15(26-13)9-10-24-19(28)17-7-2-3-8-18(17)27-31(29,30)16-6-4-5-14(11-16)20(21,22)23;/h2-8,11-12,27H,9-10H2,1H3,(H,24,28)(H,25,26);1H. The van der Waals surface area contributed by atoms with Crippen LogP contribution >= 0.6 is 12.4 Å². The number of carbonyl (C=O) groups is 1. The Labute approximate surface area is 188 Å². The third kappa shape index (κ3) is 6.24. The number of aryl methyl sites for hydroxylation is 1. The van der Waals surface area contributed by atoms with Gasteiger partial charge in [-0.15, -0.1) is 12.4 Å². The van der Waals surface area contributed by atoms with E-state index in [9.17, 15) is 26.4 Å². The van der Waals surface area contributed by atoms with Crippen LogP contribution in [0.3, 0.4) is 0 Å². The third-order valence-corrected chi connectivity index (χ3v) is 5.69. The molecule has 0 unspecified atom stereocenters. The van der Waals surface area contributed by atoms with Crippen molar-refractivity contribution in [3.05, 3.63) is 77.4 Å². The van der Waals surface area contributed by atoms with Crippen molar-refractivity contribution >= 4 is 34.0 Å². The van der Waals surface area contributed by atoms with Crippen molar-refractivity contribution in [3.8, 4) is 0 Å². The average Bonchev–Trinajstić information content (AvgIpc) is 3.12. The molecule has 172 valence electrons. The maximum absolute atomic E-state index is 12.9. The molecular formula is C20H20ClF3N4O3S. The van der Waals surface area contributed by atoms with E-state index in [0.717, 1.165) is 29.7 Å². The minimum Gasteiger partial charge on any atom is -0.352 e. The maximum atomic E-state index is 12.9. The van der Waals surface area contributed by atoms with Gasteiger partial charge in [0.2, 0.25) is 0 Å². The number of halogens is 4. The molecule has 0 spiro atoms. The number of amides is 1. The van der Waals surface area contributed by atoms with Gasteiger partial charge in [0.1, 0.15) is 5.82 Å². The highest BCUT2D eigenvalue weighted by Gasteiger charge is 2.31. The number of carbonyl (C=O) groups excluding carboxylic acids is 1. The molecule has 2 aromatic carbocycles. The molecule has 3 rings (SSSR count). The van der Waals surface area contributed by atoms with E-state index in [2.05, 4.69) is 20.0 Å². The largest absolute Gasteiger partial charge is 0.416 e. The van der Waals surface area contributed by atoms with Crippen molar-refractivity contribution in [1.82, 2.24) is 15.3 Å². The summed E-state index contributed by atoms with van der Waals surface area (Å²) >= 11 is 0. The van der Waals surface area contributed by atoms with E-state index in [0.29, 0.717) is 12.5 Å². The van der Waals surface area contributed by atoms with E-state index in [-0.39, 0.29) is 30.2 Å². The zero-order valence-corrected chi connectivity index (χ0v) is 18.4. The number of aromatic nitrogens is 2. The second kappa shape index (κ2) is 10.0. The topological polar surface area (TPSA) is 104 Å². The van der Waals surface area contributed by atoms with Gasteiger partial charge < -0.3 is 10.3 Å². The highest BCUT2D eigenvalue weighted by molar-refractivity contribution is 7.92. The van der Waals surface area contributed by atoms with E-state index < -0.39 is 32.6 Å². The first-order valence-corrected chi connectivity index (χ1v) is 10.6. The number of benzene rings is 2. The second-order valence-corrected chi connectivity index (χ2v) is 8.36. The molecule has 3 aromatic rings. The molecule has 7 nitrogen and oxygen atoms in total. The smallest absolute Gasteiger partial charge is 0.352 e. The number of anilines is 1. The lowest BCUT2D eigenvalue weighted by atomic mass is 10.1. The van der Waals surface area contributed by atoms with E-state index in [1.165, 1.54) is 18.2 Å². The van der Waals surface area contributed by atoms with Gasteiger partial charge in [0.25, 0.3) is 15.9 Å². The molecule has 1 aromatic heterocycles. The first kappa shape index (κ1) is 25.2. The van der Waals surface area contributed by atoms with Crippen molar-refractivity contribution in [1.29, 1.82) is 0 Å². The number of rotatable bonds is 7. The zero-order chi connectivity index (χ0) is 22.6. The van der Waals surface area contributed by atoms with Crippen molar-refractivity contribution in [3.63, 3.8) is 0 Å². The van der Waals surface area contributed by atoms with Gasteiger partial charge in [-0.05, 0) is 37.3 Å². The summed E-state index contributed by atoms with van der Waals surface area (Å²) in [5.74, 6) is 0.217.